The summed E-state index contributed by atoms with van der Waals surface area (Å²) in [6.45, 7) is 1.85. The van der Waals surface area contributed by atoms with Crippen LogP contribution in [0.25, 0.3) is 0 Å². The lowest BCUT2D eigenvalue weighted by molar-refractivity contribution is -0.0715. The number of pyridine rings is 1. The fraction of sp³-hybridized carbons (Fsp3) is 0.600. The third-order valence-corrected chi connectivity index (χ3v) is 3.99. The zero-order valence-electron chi connectivity index (χ0n) is 12.2. The number of rotatable bonds is 3. The van der Waals surface area contributed by atoms with Crippen molar-refractivity contribution in [2.45, 2.75) is 44.4 Å². The zero-order valence-corrected chi connectivity index (χ0v) is 12.2. The Balaban J connectivity index is 2.13. The predicted octanol–water partition coefficient (Wildman–Crippen LogP) is 1.39. The summed E-state index contributed by atoms with van der Waals surface area (Å²) in [6.07, 6.45) is 1.72. The Morgan fingerprint density at radius 3 is 2.85 bits per heavy atom. The largest absolute Gasteiger partial charge is 0.388 e. The van der Waals surface area contributed by atoms with Gasteiger partial charge < -0.3 is 14.7 Å². The summed E-state index contributed by atoms with van der Waals surface area (Å²) in [5.41, 5.74) is 1.22. The SMILES string of the molecule is CO[C@@H]1CCC[C@@H](N(C)C(=O)c2cccc(C)n2)[C@H]1O. The molecule has 1 aliphatic rings. The lowest BCUT2D eigenvalue weighted by Gasteiger charge is -2.39. The van der Waals surface area contributed by atoms with E-state index in [9.17, 15) is 9.90 Å². The second-order valence-electron chi connectivity index (χ2n) is 5.34. The minimum Gasteiger partial charge on any atom is -0.388 e. The van der Waals surface area contributed by atoms with Gasteiger partial charge in [-0.3, -0.25) is 4.79 Å². The third-order valence-electron chi connectivity index (χ3n) is 3.99. The first-order valence-electron chi connectivity index (χ1n) is 6.96. The maximum Gasteiger partial charge on any atom is 0.272 e. The molecule has 0 radical (unpaired) electrons. The van der Waals surface area contributed by atoms with Crippen molar-refractivity contribution in [3.8, 4) is 0 Å². The van der Waals surface area contributed by atoms with Crippen molar-refractivity contribution >= 4 is 5.91 Å². The highest BCUT2D eigenvalue weighted by Gasteiger charge is 2.36. The molecule has 1 fully saturated rings. The van der Waals surface area contributed by atoms with Crippen LogP contribution in [0.15, 0.2) is 18.2 Å². The number of aliphatic hydroxyl groups is 1. The van der Waals surface area contributed by atoms with E-state index in [0.717, 1.165) is 25.0 Å². The van der Waals surface area contributed by atoms with Crippen LogP contribution in [0.4, 0.5) is 0 Å². The van der Waals surface area contributed by atoms with Crippen LogP contribution in [-0.4, -0.2) is 53.3 Å². The molecule has 0 aromatic carbocycles. The lowest BCUT2D eigenvalue weighted by atomic mass is 9.89. The number of aromatic nitrogens is 1. The van der Waals surface area contributed by atoms with Crippen molar-refractivity contribution in [1.82, 2.24) is 9.88 Å². The Kier molecular flexibility index (Phi) is 4.73. The Morgan fingerprint density at radius 1 is 1.45 bits per heavy atom. The van der Waals surface area contributed by atoms with Gasteiger partial charge >= 0.3 is 0 Å². The molecule has 0 saturated heterocycles. The molecule has 1 aromatic rings. The number of nitrogens with zero attached hydrogens (tertiary/aromatic N) is 2. The van der Waals surface area contributed by atoms with Gasteiger partial charge in [-0.25, -0.2) is 4.98 Å². The molecule has 0 unspecified atom stereocenters. The molecule has 0 bridgehead atoms. The van der Waals surface area contributed by atoms with Gasteiger partial charge in [-0.2, -0.15) is 0 Å². The number of amides is 1. The van der Waals surface area contributed by atoms with E-state index in [4.69, 9.17) is 4.74 Å². The molecule has 0 spiro atoms. The number of carbonyl (C=O) groups excluding carboxylic acids is 1. The average molecular weight is 278 g/mol. The van der Waals surface area contributed by atoms with E-state index in [1.807, 2.05) is 19.1 Å². The monoisotopic (exact) mass is 278 g/mol. The Labute approximate surface area is 119 Å². The van der Waals surface area contributed by atoms with Gasteiger partial charge in [-0.1, -0.05) is 6.07 Å². The number of hydrogen-bond acceptors (Lipinski definition) is 4. The van der Waals surface area contributed by atoms with Crippen molar-refractivity contribution in [3.05, 3.63) is 29.6 Å². The second-order valence-corrected chi connectivity index (χ2v) is 5.34. The minimum absolute atomic E-state index is 0.158. The van der Waals surface area contributed by atoms with Crippen molar-refractivity contribution in [1.29, 1.82) is 0 Å². The molecule has 1 aliphatic carbocycles. The quantitative estimate of drug-likeness (QED) is 0.907. The highest BCUT2D eigenvalue weighted by atomic mass is 16.5. The number of hydrogen-bond donors (Lipinski definition) is 1. The standard InChI is InChI=1S/C15H22N2O3/c1-10-6-4-7-11(16-10)15(19)17(2)12-8-5-9-13(20-3)14(12)18/h4,6-7,12-14,18H,5,8-9H2,1-3H3/t12-,13-,14-/m1/s1. The molecular formula is C15H22N2O3. The van der Waals surface area contributed by atoms with Crippen LogP contribution in [0.1, 0.15) is 35.4 Å². The van der Waals surface area contributed by atoms with Gasteiger partial charge in [0, 0.05) is 19.9 Å². The predicted molar refractivity (Wildman–Crippen MR) is 75.5 cm³/mol. The Morgan fingerprint density at radius 2 is 2.20 bits per heavy atom. The zero-order chi connectivity index (χ0) is 14.7. The van der Waals surface area contributed by atoms with Gasteiger partial charge in [0.1, 0.15) is 11.8 Å². The van der Waals surface area contributed by atoms with Gasteiger partial charge in [0.05, 0.1) is 12.1 Å². The number of methoxy groups -OCH3 is 1. The van der Waals surface area contributed by atoms with Crippen molar-refractivity contribution in [2.75, 3.05) is 14.2 Å². The summed E-state index contributed by atoms with van der Waals surface area (Å²) in [5, 5.41) is 10.3. The molecule has 1 heterocycles. The van der Waals surface area contributed by atoms with Crippen LogP contribution in [0.5, 0.6) is 0 Å². The van der Waals surface area contributed by atoms with Crippen LogP contribution < -0.4 is 0 Å². The summed E-state index contributed by atoms with van der Waals surface area (Å²) in [5.74, 6) is -0.158. The number of likely N-dealkylation sites (N-methyl/N-ethyl adjacent to an activating group) is 1. The van der Waals surface area contributed by atoms with Gasteiger partial charge in [-0.15, -0.1) is 0 Å². The maximum atomic E-state index is 12.4. The molecule has 1 saturated carbocycles. The molecule has 0 aliphatic heterocycles. The molecule has 2 rings (SSSR count). The maximum absolute atomic E-state index is 12.4. The van der Waals surface area contributed by atoms with E-state index in [1.54, 1.807) is 25.1 Å². The summed E-state index contributed by atoms with van der Waals surface area (Å²) in [6, 6.07) is 5.16. The molecule has 5 heteroatoms. The topological polar surface area (TPSA) is 62.7 Å². The summed E-state index contributed by atoms with van der Waals surface area (Å²) < 4.78 is 5.28. The summed E-state index contributed by atoms with van der Waals surface area (Å²) >= 11 is 0. The Hall–Kier alpha value is -1.46. The number of carbonyl (C=O) groups is 1. The number of aryl methyl sites for hydroxylation is 1. The first kappa shape index (κ1) is 14.9. The van der Waals surface area contributed by atoms with Gasteiger partial charge in [0.2, 0.25) is 0 Å². The highest BCUT2D eigenvalue weighted by Crippen LogP contribution is 2.25. The third kappa shape index (κ3) is 2.99. The fourth-order valence-electron chi connectivity index (χ4n) is 2.79. The van der Waals surface area contributed by atoms with E-state index < -0.39 is 6.10 Å². The van der Waals surface area contributed by atoms with Crippen LogP contribution >= 0.6 is 0 Å². The van der Waals surface area contributed by atoms with E-state index in [2.05, 4.69) is 4.98 Å². The molecule has 3 atom stereocenters. The molecular weight excluding hydrogens is 256 g/mol. The van der Waals surface area contributed by atoms with Crippen LogP contribution in [0, 0.1) is 6.92 Å². The molecule has 1 N–H and O–H groups in total. The van der Waals surface area contributed by atoms with Gasteiger partial charge in [0.25, 0.3) is 5.91 Å². The number of ether oxygens (including phenoxy) is 1. The molecule has 5 nitrogen and oxygen atoms in total. The fourth-order valence-corrected chi connectivity index (χ4v) is 2.79. The smallest absolute Gasteiger partial charge is 0.272 e. The van der Waals surface area contributed by atoms with Gasteiger partial charge in [0.15, 0.2) is 0 Å². The molecule has 20 heavy (non-hydrogen) atoms. The minimum atomic E-state index is -0.646. The summed E-state index contributed by atoms with van der Waals surface area (Å²) in [4.78, 5) is 18.3. The van der Waals surface area contributed by atoms with Crippen molar-refractivity contribution in [2.24, 2.45) is 0 Å². The van der Waals surface area contributed by atoms with E-state index in [-0.39, 0.29) is 18.1 Å². The number of aliphatic hydroxyl groups excluding tert-OH is 1. The Bertz CT molecular complexity index is 478. The molecule has 1 aromatic heterocycles. The van der Waals surface area contributed by atoms with Crippen molar-refractivity contribution < 1.29 is 14.6 Å². The normalized spacial score (nSPS) is 26.3. The second kappa shape index (κ2) is 6.33. The average Bonchev–Trinajstić information content (AvgIpc) is 2.46. The van der Waals surface area contributed by atoms with Crippen LogP contribution in [0.2, 0.25) is 0 Å². The first-order chi connectivity index (χ1) is 9.54. The lowest BCUT2D eigenvalue weighted by Crippen LogP contribution is -2.52. The van der Waals surface area contributed by atoms with E-state index in [0.29, 0.717) is 5.69 Å². The van der Waals surface area contributed by atoms with E-state index >= 15 is 0 Å². The summed E-state index contributed by atoms with van der Waals surface area (Å²) in [7, 11) is 3.32. The van der Waals surface area contributed by atoms with Crippen LogP contribution in [-0.2, 0) is 4.74 Å². The highest BCUT2D eigenvalue weighted by molar-refractivity contribution is 5.92. The van der Waals surface area contributed by atoms with E-state index in [1.165, 1.54) is 0 Å². The van der Waals surface area contributed by atoms with Gasteiger partial charge in [-0.05, 0) is 38.3 Å². The molecule has 1 amide bonds. The van der Waals surface area contributed by atoms with Crippen molar-refractivity contribution in [3.63, 3.8) is 0 Å². The molecule has 110 valence electrons. The first-order valence-corrected chi connectivity index (χ1v) is 6.96. The van der Waals surface area contributed by atoms with Crippen LogP contribution in [0.3, 0.4) is 0 Å².